The average Bonchev–Trinajstić information content (AvgIpc) is 2.96. The Morgan fingerprint density at radius 3 is 2.87 bits per heavy atom. The molecule has 1 N–H and O–H groups in total. The second-order valence-corrected chi connectivity index (χ2v) is 4.99. The minimum Gasteiger partial charge on any atom is -0.453 e. The number of methoxy groups -OCH3 is 1. The van der Waals surface area contributed by atoms with E-state index in [4.69, 9.17) is 13.9 Å². The maximum atomic E-state index is 11.8. The topological polar surface area (TPSA) is 90.7 Å². The van der Waals surface area contributed by atoms with Gasteiger partial charge >= 0.3 is 5.97 Å². The van der Waals surface area contributed by atoms with Crippen LogP contribution in [0.5, 0.6) is 0 Å². The Morgan fingerprint density at radius 2 is 2.13 bits per heavy atom. The molecular weight excluding hydrogens is 300 g/mol. The van der Waals surface area contributed by atoms with Crippen LogP contribution in [0.25, 0.3) is 11.1 Å². The number of para-hydroxylation sites is 2. The minimum absolute atomic E-state index is 0.0997. The number of benzene rings is 1. The Kier molecular flexibility index (Phi) is 6.10. The summed E-state index contributed by atoms with van der Waals surface area (Å²) in [5.74, 6) is -0.348. The Balaban J connectivity index is 1.77. The van der Waals surface area contributed by atoms with Gasteiger partial charge < -0.3 is 19.2 Å². The molecule has 0 aliphatic rings. The van der Waals surface area contributed by atoms with Crippen molar-refractivity contribution >= 4 is 23.0 Å². The van der Waals surface area contributed by atoms with Crippen LogP contribution < -0.4 is 5.32 Å². The number of esters is 1. The number of aryl methyl sites for hydroxylation is 1. The van der Waals surface area contributed by atoms with Gasteiger partial charge in [-0.25, -0.2) is 4.98 Å². The largest absolute Gasteiger partial charge is 0.453 e. The van der Waals surface area contributed by atoms with Gasteiger partial charge in [0.15, 0.2) is 17.6 Å². The Bertz CT molecular complexity index is 634. The summed E-state index contributed by atoms with van der Waals surface area (Å²) in [6.45, 7) is 2.31. The van der Waals surface area contributed by atoms with Gasteiger partial charge in [0.1, 0.15) is 5.52 Å². The Morgan fingerprint density at radius 1 is 1.35 bits per heavy atom. The van der Waals surface area contributed by atoms with Gasteiger partial charge in [-0.2, -0.15) is 0 Å². The summed E-state index contributed by atoms with van der Waals surface area (Å²) in [6, 6.07) is 7.38. The number of fused-ring (bicyclic) bond motifs is 1. The first-order valence-electron chi connectivity index (χ1n) is 7.40. The molecule has 0 bridgehead atoms. The molecule has 23 heavy (non-hydrogen) atoms. The van der Waals surface area contributed by atoms with Crippen molar-refractivity contribution in [3.05, 3.63) is 30.2 Å². The van der Waals surface area contributed by atoms with E-state index in [-0.39, 0.29) is 12.3 Å². The molecule has 1 amide bonds. The van der Waals surface area contributed by atoms with Crippen molar-refractivity contribution < 1.29 is 23.5 Å². The molecule has 2 aromatic rings. The van der Waals surface area contributed by atoms with Crippen LogP contribution in [-0.4, -0.2) is 43.2 Å². The number of rotatable bonds is 8. The molecule has 0 fully saturated rings. The molecule has 0 unspecified atom stereocenters. The lowest BCUT2D eigenvalue weighted by molar-refractivity contribution is -0.154. The second-order valence-electron chi connectivity index (χ2n) is 4.99. The predicted octanol–water partition coefficient (Wildman–Crippen LogP) is 1.45. The highest BCUT2D eigenvalue weighted by molar-refractivity contribution is 5.83. The molecule has 2 rings (SSSR count). The second kappa shape index (κ2) is 8.28. The smallest absolute Gasteiger partial charge is 0.307 e. The number of carbonyl (C=O) groups is 2. The fraction of sp³-hybridized carbons (Fsp3) is 0.438. The normalized spacial score (nSPS) is 12.1. The van der Waals surface area contributed by atoms with E-state index >= 15 is 0 Å². The van der Waals surface area contributed by atoms with E-state index < -0.39 is 12.1 Å². The highest BCUT2D eigenvalue weighted by Gasteiger charge is 2.18. The molecule has 0 saturated carbocycles. The molecule has 0 spiro atoms. The van der Waals surface area contributed by atoms with Crippen LogP contribution in [0, 0.1) is 0 Å². The zero-order valence-corrected chi connectivity index (χ0v) is 13.2. The van der Waals surface area contributed by atoms with Gasteiger partial charge in [0, 0.05) is 20.1 Å². The molecule has 7 nitrogen and oxygen atoms in total. The fourth-order valence-corrected chi connectivity index (χ4v) is 1.97. The van der Waals surface area contributed by atoms with E-state index in [2.05, 4.69) is 10.3 Å². The maximum absolute atomic E-state index is 11.8. The van der Waals surface area contributed by atoms with Crippen molar-refractivity contribution in [3.8, 4) is 0 Å². The number of amides is 1. The number of hydrogen-bond acceptors (Lipinski definition) is 6. The first-order valence-corrected chi connectivity index (χ1v) is 7.40. The molecule has 1 atom stereocenters. The molecule has 0 aliphatic heterocycles. The highest BCUT2D eigenvalue weighted by Crippen LogP contribution is 2.15. The van der Waals surface area contributed by atoms with Crippen molar-refractivity contribution in [2.75, 3.05) is 20.3 Å². The molecule has 0 aliphatic carbocycles. The quantitative estimate of drug-likeness (QED) is 0.585. The summed E-state index contributed by atoms with van der Waals surface area (Å²) in [7, 11) is 1.54. The number of nitrogens with one attached hydrogen (secondary N) is 1. The van der Waals surface area contributed by atoms with Crippen LogP contribution >= 0.6 is 0 Å². The summed E-state index contributed by atoms with van der Waals surface area (Å²) in [6.07, 6.45) is -0.420. The van der Waals surface area contributed by atoms with Crippen LogP contribution in [0.15, 0.2) is 28.7 Å². The van der Waals surface area contributed by atoms with Gasteiger partial charge in [0.05, 0.1) is 13.0 Å². The third-order valence-electron chi connectivity index (χ3n) is 3.16. The van der Waals surface area contributed by atoms with E-state index in [9.17, 15) is 9.59 Å². The van der Waals surface area contributed by atoms with Crippen LogP contribution in [0.3, 0.4) is 0 Å². The monoisotopic (exact) mass is 320 g/mol. The van der Waals surface area contributed by atoms with Crippen molar-refractivity contribution in [2.45, 2.75) is 25.9 Å². The van der Waals surface area contributed by atoms with Crippen LogP contribution in [0.4, 0.5) is 0 Å². The number of carbonyl (C=O) groups excluding carboxylic acids is 2. The molecule has 124 valence electrons. The number of nitrogens with zero attached hydrogens (tertiary/aromatic N) is 1. The summed E-state index contributed by atoms with van der Waals surface area (Å²) in [5, 5.41) is 2.61. The van der Waals surface area contributed by atoms with Crippen LogP contribution in [0.2, 0.25) is 0 Å². The van der Waals surface area contributed by atoms with E-state index in [1.54, 1.807) is 7.11 Å². The number of hydrogen-bond donors (Lipinski definition) is 1. The summed E-state index contributed by atoms with van der Waals surface area (Å²) in [4.78, 5) is 27.7. The molecule has 0 radical (unpaired) electrons. The molecular formula is C16H20N2O5. The van der Waals surface area contributed by atoms with Crippen LogP contribution in [0.1, 0.15) is 19.2 Å². The highest BCUT2D eigenvalue weighted by atomic mass is 16.5. The van der Waals surface area contributed by atoms with Crippen molar-refractivity contribution in [3.63, 3.8) is 0 Å². The minimum atomic E-state index is -0.844. The predicted molar refractivity (Wildman–Crippen MR) is 82.8 cm³/mol. The summed E-state index contributed by atoms with van der Waals surface area (Å²) in [5.41, 5.74) is 1.43. The zero-order chi connectivity index (χ0) is 16.7. The van der Waals surface area contributed by atoms with E-state index in [1.165, 1.54) is 6.92 Å². The molecule has 7 heteroatoms. The maximum Gasteiger partial charge on any atom is 0.307 e. The third-order valence-corrected chi connectivity index (χ3v) is 3.16. The number of ether oxygens (including phenoxy) is 2. The lowest BCUT2D eigenvalue weighted by atomic mass is 10.3. The molecule has 1 aromatic heterocycles. The van der Waals surface area contributed by atoms with E-state index in [0.29, 0.717) is 31.0 Å². The third kappa shape index (κ3) is 5.07. The average molecular weight is 320 g/mol. The SMILES string of the molecule is COCCNC(=O)[C@H](C)OC(=O)CCc1nc2ccccc2o1. The molecule has 1 heterocycles. The fourth-order valence-electron chi connectivity index (χ4n) is 1.97. The first kappa shape index (κ1) is 17.0. The lowest BCUT2D eigenvalue weighted by Gasteiger charge is -2.12. The Hall–Kier alpha value is -2.41. The van der Waals surface area contributed by atoms with Crippen LogP contribution in [-0.2, 0) is 25.5 Å². The van der Waals surface area contributed by atoms with Gasteiger partial charge in [0.25, 0.3) is 5.91 Å². The summed E-state index contributed by atoms with van der Waals surface area (Å²) < 4.78 is 15.4. The van der Waals surface area contributed by atoms with E-state index in [1.807, 2.05) is 24.3 Å². The van der Waals surface area contributed by atoms with E-state index in [0.717, 1.165) is 5.52 Å². The zero-order valence-electron chi connectivity index (χ0n) is 13.2. The van der Waals surface area contributed by atoms with Gasteiger partial charge in [-0.1, -0.05) is 12.1 Å². The molecule has 1 aromatic carbocycles. The standard InChI is InChI=1S/C16H20N2O5/c1-11(16(20)17-9-10-21-2)22-15(19)8-7-14-18-12-5-3-4-6-13(12)23-14/h3-6,11H,7-10H2,1-2H3,(H,17,20)/t11-/m0/s1. The lowest BCUT2D eigenvalue weighted by Crippen LogP contribution is -2.37. The Labute approximate surface area is 134 Å². The van der Waals surface area contributed by atoms with Crippen molar-refractivity contribution in [2.24, 2.45) is 0 Å². The van der Waals surface area contributed by atoms with Gasteiger partial charge in [-0.05, 0) is 19.1 Å². The van der Waals surface area contributed by atoms with Gasteiger partial charge in [-0.3, -0.25) is 9.59 Å². The van der Waals surface area contributed by atoms with Crippen molar-refractivity contribution in [1.82, 2.24) is 10.3 Å². The summed E-state index contributed by atoms with van der Waals surface area (Å²) >= 11 is 0. The first-order chi connectivity index (χ1) is 11.1. The number of oxazole rings is 1. The van der Waals surface area contributed by atoms with Gasteiger partial charge in [0.2, 0.25) is 0 Å². The molecule has 0 saturated heterocycles. The van der Waals surface area contributed by atoms with Gasteiger partial charge in [-0.15, -0.1) is 0 Å². The number of aromatic nitrogens is 1. The van der Waals surface area contributed by atoms with Crippen molar-refractivity contribution in [1.29, 1.82) is 0 Å².